The number of rotatable bonds is 7. The highest BCUT2D eigenvalue weighted by molar-refractivity contribution is 7.18. The van der Waals surface area contributed by atoms with Gasteiger partial charge in [-0.15, -0.1) is 10.2 Å². The molecule has 0 spiro atoms. The number of aromatic nitrogens is 6. The molecule has 1 amide bonds. The van der Waals surface area contributed by atoms with Crippen LogP contribution in [0, 0.1) is 17.2 Å². The third kappa shape index (κ3) is 6.51. The number of piperazine rings is 1. The number of fused-ring (bicyclic) bond motifs is 1. The summed E-state index contributed by atoms with van der Waals surface area (Å²) in [5.74, 6) is 1.32. The van der Waals surface area contributed by atoms with Gasteiger partial charge in [0.05, 0.1) is 34.2 Å². The molecule has 0 unspecified atom stereocenters. The molecule has 1 N–H and O–H groups in total. The lowest BCUT2D eigenvalue weighted by atomic mass is 9.95. The van der Waals surface area contributed by atoms with Crippen molar-refractivity contribution in [2.24, 2.45) is 5.92 Å². The molecule has 0 aromatic carbocycles. The van der Waals surface area contributed by atoms with Crippen molar-refractivity contribution in [2.75, 3.05) is 67.6 Å². The van der Waals surface area contributed by atoms with Crippen molar-refractivity contribution in [1.29, 1.82) is 5.26 Å². The number of ether oxygens (including phenoxy) is 1. The molecule has 3 aliphatic heterocycles. The van der Waals surface area contributed by atoms with Gasteiger partial charge in [-0.05, 0) is 62.1 Å². The summed E-state index contributed by atoms with van der Waals surface area (Å²) in [4.78, 5) is 29.3. The Bertz CT molecular complexity index is 1970. The van der Waals surface area contributed by atoms with Crippen molar-refractivity contribution >= 4 is 39.4 Å². The quantitative estimate of drug-likeness (QED) is 0.264. The van der Waals surface area contributed by atoms with Gasteiger partial charge in [-0.3, -0.25) is 9.78 Å². The molecule has 0 bridgehead atoms. The van der Waals surface area contributed by atoms with Crippen molar-refractivity contribution < 1.29 is 9.53 Å². The zero-order valence-corrected chi connectivity index (χ0v) is 27.9. The van der Waals surface area contributed by atoms with E-state index in [2.05, 4.69) is 47.5 Å². The van der Waals surface area contributed by atoms with E-state index < -0.39 is 0 Å². The van der Waals surface area contributed by atoms with Gasteiger partial charge in [-0.2, -0.15) is 10.4 Å². The Labute approximate surface area is 288 Å². The van der Waals surface area contributed by atoms with E-state index in [1.807, 2.05) is 53.7 Å². The highest BCUT2D eigenvalue weighted by Crippen LogP contribution is 2.37. The number of carbonyl (C=O) groups excluding carboxylic acids is 1. The molecular weight excluding hydrogens is 639 g/mol. The molecule has 0 radical (unpaired) electrons. The van der Waals surface area contributed by atoms with Gasteiger partial charge in [0.2, 0.25) is 11.0 Å². The van der Waals surface area contributed by atoms with Crippen LogP contribution in [-0.4, -0.2) is 99.1 Å². The van der Waals surface area contributed by atoms with E-state index in [4.69, 9.17) is 9.72 Å². The van der Waals surface area contributed by atoms with Gasteiger partial charge in [-0.25, -0.2) is 9.50 Å². The van der Waals surface area contributed by atoms with Crippen LogP contribution in [0.15, 0.2) is 61.1 Å². The number of pyridine rings is 2. The summed E-state index contributed by atoms with van der Waals surface area (Å²) in [6, 6.07) is 16.2. The summed E-state index contributed by atoms with van der Waals surface area (Å²) in [5.41, 5.74) is 4.78. The lowest BCUT2D eigenvalue weighted by Crippen LogP contribution is -2.51. The van der Waals surface area contributed by atoms with Gasteiger partial charge < -0.3 is 24.8 Å². The molecule has 49 heavy (non-hydrogen) atoms. The maximum atomic E-state index is 13.5. The Hall–Kier alpha value is -5.13. The predicted molar refractivity (Wildman–Crippen MR) is 187 cm³/mol. The van der Waals surface area contributed by atoms with Crippen LogP contribution in [0.25, 0.3) is 27.5 Å². The average molecular weight is 676 g/mol. The first-order valence-electron chi connectivity index (χ1n) is 16.9. The first kappa shape index (κ1) is 31.2. The molecule has 0 atom stereocenters. The van der Waals surface area contributed by atoms with Crippen molar-refractivity contribution in [3.63, 3.8) is 0 Å². The first-order valence-corrected chi connectivity index (χ1v) is 17.7. The van der Waals surface area contributed by atoms with Gasteiger partial charge in [0.15, 0.2) is 5.01 Å². The predicted octanol–water partition coefficient (Wildman–Crippen LogP) is 4.34. The van der Waals surface area contributed by atoms with Crippen LogP contribution in [0.2, 0.25) is 0 Å². The monoisotopic (exact) mass is 675 g/mol. The number of nitrogens with zero attached hydrogens (tertiary/aromatic N) is 10. The van der Waals surface area contributed by atoms with Gasteiger partial charge in [-0.1, -0.05) is 17.4 Å². The van der Waals surface area contributed by atoms with Crippen LogP contribution in [0.1, 0.15) is 31.2 Å². The van der Waals surface area contributed by atoms with E-state index in [0.29, 0.717) is 18.7 Å². The fraction of sp³-hybridized carbons (Fsp3) is 0.400. The van der Waals surface area contributed by atoms with Crippen LogP contribution >= 0.6 is 11.3 Å². The molecule has 0 saturated carbocycles. The van der Waals surface area contributed by atoms with Crippen molar-refractivity contribution in [3.05, 3.63) is 66.6 Å². The molecule has 14 heteroatoms. The summed E-state index contributed by atoms with van der Waals surface area (Å²) >= 11 is 1.55. The van der Waals surface area contributed by atoms with Crippen LogP contribution < -0.4 is 15.1 Å². The lowest BCUT2D eigenvalue weighted by Gasteiger charge is -2.38. The molecule has 8 heterocycles. The Kier molecular flexibility index (Phi) is 8.76. The number of nitrogens with one attached hydrogen (secondary N) is 1. The minimum atomic E-state index is 0.0623. The van der Waals surface area contributed by atoms with E-state index in [0.717, 1.165) is 109 Å². The van der Waals surface area contributed by atoms with E-state index in [-0.39, 0.29) is 17.9 Å². The van der Waals surface area contributed by atoms with E-state index in [1.165, 1.54) is 0 Å². The Morgan fingerprint density at radius 1 is 0.918 bits per heavy atom. The summed E-state index contributed by atoms with van der Waals surface area (Å²) in [6.45, 7) is 5.95. The topological polar surface area (TPSA) is 141 Å². The molecule has 13 nitrogen and oxygen atoms in total. The average Bonchev–Trinajstić information content (AvgIpc) is 3.83. The van der Waals surface area contributed by atoms with Gasteiger partial charge in [0, 0.05) is 82.5 Å². The Balaban J connectivity index is 0.957. The third-order valence-electron chi connectivity index (χ3n) is 9.70. The maximum Gasteiger partial charge on any atom is 0.225 e. The fourth-order valence-electron chi connectivity index (χ4n) is 6.93. The molecule has 3 aliphatic rings. The maximum absolute atomic E-state index is 13.5. The molecular formula is C35H37N11O2S. The molecule has 0 aliphatic carbocycles. The number of nitriles is 1. The van der Waals surface area contributed by atoms with E-state index in [9.17, 15) is 10.1 Å². The molecule has 8 rings (SSSR count). The van der Waals surface area contributed by atoms with Crippen LogP contribution in [0.3, 0.4) is 0 Å². The highest BCUT2D eigenvalue weighted by atomic mass is 32.1. The molecule has 5 aromatic rings. The lowest BCUT2D eigenvalue weighted by molar-refractivity contribution is -0.136. The second-order valence-electron chi connectivity index (χ2n) is 12.7. The summed E-state index contributed by atoms with van der Waals surface area (Å²) < 4.78 is 7.41. The smallest absolute Gasteiger partial charge is 0.225 e. The van der Waals surface area contributed by atoms with Gasteiger partial charge >= 0.3 is 0 Å². The number of hydrogen-bond donors (Lipinski definition) is 1. The molecule has 3 saturated heterocycles. The largest absolute Gasteiger partial charge is 0.381 e. The molecule has 250 valence electrons. The third-order valence-corrected chi connectivity index (χ3v) is 10.7. The summed E-state index contributed by atoms with van der Waals surface area (Å²) in [6.07, 6.45) is 8.78. The zero-order valence-electron chi connectivity index (χ0n) is 27.1. The first-order chi connectivity index (χ1) is 24.1. The number of hydrogen-bond acceptors (Lipinski definition) is 12. The van der Waals surface area contributed by atoms with Crippen LogP contribution in [-0.2, 0) is 9.53 Å². The van der Waals surface area contributed by atoms with Crippen LogP contribution in [0.4, 0.5) is 16.6 Å². The minimum absolute atomic E-state index is 0.0623. The highest BCUT2D eigenvalue weighted by Gasteiger charge is 2.31. The molecule has 5 aromatic heterocycles. The normalized spacial score (nSPS) is 17.7. The van der Waals surface area contributed by atoms with E-state index in [1.54, 1.807) is 22.0 Å². The second-order valence-corrected chi connectivity index (χ2v) is 13.7. The van der Waals surface area contributed by atoms with Crippen molar-refractivity contribution in [3.8, 4) is 28.0 Å². The number of anilines is 3. The Morgan fingerprint density at radius 3 is 2.53 bits per heavy atom. The van der Waals surface area contributed by atoms with Gasteiger partial charge in [0.25, 0.3) is 0 Å². The number of carbonyl (C=O) groups is 1. The standard InChI is InChI=1S/C35H37N11O2S/c36-21-24-19-27-4-5-31(46(27)39-22-24)30-20-29(40-26-8-17-48-18-9-26)28(23-38-30)33-41-42-35(49-33)45-15-13-44(14-16-45)34(47)25-6-11-43(12-7-25)32-3-1-2-10-37-32/h1-5,10,19-20,22-23,25-26H,6-9,11-18H2,(H,38,40). The van der Waals surface area contributed by atoms with Crippen LogP contribution in [0.5, 0.6) is 0 Å². The summed E-state index contributed by atoms with van der Waals surface area (Å²) in [5, 5.41) is 28.4. The SMILES string of the molecule is N#Cc1cnn2c(-c3cc(NC4CCOCC4)c(-c4nnc(N5CCN(C(=O)C6CCN(c7ccccn7)CC6)CC5)s4)cn3)ccc2c1. The number of piperidine rings is 1. The Morgan fingerprint density at radius 2 is 1.76 bits per heavy atom. The van der Waals surface area contributed by atoms with E-state index >= 15 is 0 Å². The number of amides is 1. The van der Waals surface area contributed by atoms with Crippen molar-refractivity contribution in [1.82, 2.24) is 34.7 Å². The van der Waals surface area contributed by atoms with Crippen molar-refractivity contribution in [2.45, 2.75) is 31.7 Å². The molecule has 3 fully saturated rings. The second kappa shape index (κ2) is 13.8. The minimum Gasteiger partial charge on any atom is -0.381 e. The zero-order chi connectivity index (χ0) is 33.2. The van der Waals surface area contributed by atoms with Gasteiger partial charge in [0.1, 0.15) is 11.9 Å². The summed E-state index contributed by atoms with van der Waals surface area (Å²) in [7, 11) is 0. The fourth-order valence-corrected chi connectivity index (χ4v) is 7.85.